The molecule has 0 heterocycles. The Hall–Kier alpha value is 0.459. The van der Waals surface area contributed by atoms with Gasteiger partial charge in [-0.25, -0.2) is 0 Å². The SMILES string of the molecule is CC[Si](C)(CC)CCB(O)CC[Si](C)(CC)CC. The fraction of sp³-hybridized carbons (Fsp3) is 1.00. The average Bonchev–Trinajstić information content (AvgIpc) is 2.42. The molecule has 0 aliphatic rings. The molecule has 0 saturated carbocycles. The fourth-order valence-corrected chi connectivity index (χ4v) is 6.86. The summed E-state index contributed by atoms with van der Waals surface area (Å²) in [4.78, 5) is 0. The molecule has 0 atom stereocenters. The van der Waals surface area contributed by atoms with Gasteiger partial charge in [0.2, 0.25) is 0 Å². The van der Waals surface area contributed by atoms with Crippen LogP contribution in [-0.2, 0) is 0 Å². The highest BCUT2D eigenvalue weighted by molar-refractivity contribution is 6.80. The molecule has 0 radical (unpaired) electrons. The summed E-state index contributed by atoms with van der Waals surface area (Å²) >= 11 is 0. The van der Waals surface area contributed by atoms with Gasteiger partial charge in [-0.15, -0.1) is 0 Å². The van der Waals surface area contributed by atoms with Crippen LogP contribution in [0.4, 0.5) is 0 Å². The first-order chi connectivity index (χ1) is 8.34. The molecule has 0 amide bonds. The van der Waals surface area contributed by atoms with Crippen molar-refractivity contribution in [2.75, 3.05) is 0 Å². The molecular weight excluding hydrogens is 251 g/mol. The number of rotatable bonds is 10. The van der Waals surface area contributed by atoms with Crippen molar-refractivity contribution < 1.29 is 5.02 Å². The highest BCUT2D eigenvalue weighted by Gasteiger charge is 2.27. The van der Waals surface area contributed by atoms with Crippen molar-refractivity contribution in [1.29, 1.82) is 0 Å². The zero-order valence-corrected chi connectivity index (χ0v) is 15.7. The zero-order chi connectivity index (χ0) is 14.2. The molecule has 1 nitrogen and oxygen atoms in total. The van der Waals surface area contributed by atoms with Gasteiger partial charge in [0.05, 0.1) is 0 Å². The van der Waals surface area contributed by atoms with Gasteiger partial charge in [0.15, 0.2) is 0 Å². The molecule has 0 aliphatic heterocycles. The van der Waals surface area contributed by atoms with E-state index in [1.165, 1.54) is 36.3 Å². The third-order valence-corrected chi connectivity index (χ3v) is 15.4. The molecule has 0 rings (SSSR count). The maximum Gasteiger partial charge on any atom is 0.288 e. The van der Waals surface area contributed by atoms with Crippen molar-refractivity contribution in [3.8, 4) is 0 Å². The first-order valence-electron chi connectivity index (χ1n) is 8.02. The minimum absolute atomic E-state index is 0.0279. The van der Waals surface area contributed by atoms with E-state index in [1.807, 2.05) is 0 Å². The van der Waals surface area contributed by atoms with E-state index in [9.17, 15) is 5.02 Å². The van der Waals surface area contributed by atoms with Crippen molar-refractivity contribution in [2.45, 2.75) is 89.7 Å². The van der Waals surface area contributed by atoms with Gasteiger partial charge in [0, 0.05) is 16.1 Å². The second-order valence-corrected chi connectivity index (χ2v) is 17.8. The van der Waals surface area contributed by atoms with Gasteiger partial charge in [-0.3, -0.25) is 0 Å². The molecule has 4 heteroatoms. The molecule has 108 valence electrons. The summed E-state index contributed by atoms with van der Waals surface area (Å²) in [7, 11) is -2.00. The molecule has 0 aromatic rings. The van der Waals surface area contributed by atoms with E-state index in [-0.39, 0.29) is 6.92 Å². The summed E-state index contributed by atoms with van der Waals surface area (Å²) in [5, 5.41) is 10.2. The van der Waals surface area contributed by atoms with E-state index >= 15 is 0 Å². The van der Waals surface area contributed by atoms with Crippen LogP contribution in [0.1, 0.15) is 27.7 Å². The van der Waals surface area contributed by atoms with E-state index in [2.05, 4.69) is 40.8 Å². The summed E-state index contributed by atoms with van der Waals surface area (Å²) in [6.45, 7) is 14.3. The van der Waals surface area contributed by atoms with Crippen LogP contribution in [-0.4, -0.2) is 28.1 Å². The lowest BCUT2D eigenvalue weighted by Crippen LogP contribution is -2.32. The Morgan fingerprint density at radius 1 is 0.722 bits per heavy atom. The molecule has 18 heavy (non-hydrogen) atoms. The van der Waals surface area contributed by atoms with Gasteiger partial charge in [-0.05, 0) is 12.6 Å². The molecular formula is C14H35BOSi2. The van der Waals surface area contributed by atoms with E-state index in [4.69, 9.17) is 0 Å². The van der Waals surface area contributed by atoms with Gasteiger partial charge in [0.1, 0.15) is 0 Å². The molecule has 0 spiro atoms. The summed E-state index contributed by atoms with van der Waals surface area (Å²) in [6, 6.07) is 8.10. The summed E-state index contributed by atoms with van der Waals surface area (Å²) < 4.78 is 0. The maximum atomic E-state index is 10.2. The predicted molar refractivity (Wildman–Crippen MR) is 92.4 cm³/mol. The van der Waals surface area contributed by atoms with E-state index < -0.39 is 16.1 Å². The topological polar surface area (TPSA) is 20.2 Å². The van der Waals surface area contributed by atoms with Crippen LogP contribution in [0.3, 0.4) is 0 Å². The third kappa shape index (κ3) is 6.57. The molecule has 0 unspecified atom stereocenters. The van der Waals surface area contributed by atoms with Gasteiger partial charge in [0.25, 0.3) is 6.92 Å². The lowest BCUT2D eigenvalue weighted by atomic mass is 9.63. The van der Waals surface area contributed by atoms with Crippen LogP contribution in [0.15, 0.2) is 0 Å². The molecule has 0 aromatic heterocycles. The second-order valence-electron chi connectivity index (χ2n) is 6.77. The Bertz CT molecular complexity index is 194. The lowest BCUT2D eigenvalue weighted by molar-refractivity contribution is 0.569. The van der Waals surface area contributed by atoms with Crippen LogP contribution in [0.2, 0.25) is 62.0 Å². The zero-order valence-electron chi connectivity index (χ0n) is 13.7. The van der Waals surface area contributed by atoms with Crippen molar-refractivity contribution in [3.63, 3.8) is 0 Å². The summed E-state index contributed by atoms with van der Waals surface area (Å²) in [6.07, 6.45) is 2.12. The Morgan fingerprint density at radius 3 is 1.22 bits per heavy atom. The smallest absolute Gasteiger partial charge is 0.288 e. The molecule has 0 bridgehead atoms. The predicted octanol–water partition coefficient (Wildman–Crippen LogP) is 5.21. The average molecular weight is 286 g/mol. The van der Waals surface area contributed by atoms with Gasteiger partial charge < -0.3 is 5.02 Å². The van der Waals surface area contributed by atoms with Crippen LogP contribution in [0.25, 0.3) is 0 Å². The Morgan fingerprint density at radius 2 is 1.00 bits per heavy atom. The lowest BCUT2D eigenvalue weighted by Gasteiger charge is -2.27. The van der Waals surface area contributed by atoms with E-state index in [1.54, 1.807) is 0 Å². The number of hydrogen-bond donors (Lipinski definition) is 1. The van der Waals surface area contributed by atoms with E-state index in [0.29, 0.717) is 0 Å². The van der Waals surface area contributed by atoms with Gasteiger partial charge >= 0.3 is 0 Å². The minimum Gasteiger partial charge on any atom is -0.450 e. The first kappa shape index (κ1) is 18.5. The summed E-state index contributed by atoms with van der Waals surface area (Å²) in [5.74, 6) is 0. The van der Waals surface area contributed by atoms with E-state index in [0.717, 1.165) is 12.6 Å². The van der Waals surface area contributed by atoms with Crippen LogP contribution in [0, 0.1) is 0 Å². The van der Waals surface area contributed by atoms with Crippen molar-refractivity contribution >= 4 is 23.1 Å². The van der Waals surface area contributed by atoms with Gasteiger partial charge in [-0.1, -0.05) is 77.1 Å². The largest absolute Gasteiger partial charge is 0.450 e. The third-order valence-electron chi connectivity index (χ3n) is 5.58. The minimum atomic E-state index is -1.00. The Balaban J connectivity index is 4.02. The molecule has 1 N–H and O–H groups in total. The Kier molecular flexibility index (Phi) is 8.81. The van der Waals surface area contributed by atoms with Crippen LogP contribution < -0.4 is 0 Å². The molecule has 0 saturated heterocycles. The van der Waals surface area contributed by atoms with Crippen molar-refractivity contribution in [1.82, 2.24) is 0 Å². The second kappa shape index (κ2) is 8.59. The normalized spacial score (nSPS) is 12.8. The highest BCUT2D eigenvalue weighted by atomic mass is 28.3. The van der Waals surface area contributed by atoms with Crippen molar-refractivity contribution in [3.05, 3.63) is 0 Å². The quantitative estimate of drug-likeness (QED) is 0.547. The monoisotopic (exact) mass is 286 g/mol. The fourth-order valence-electron chi connectivity index (χ4n) is 2.38. The summed E-state index contributed by atoms with van der Waals surface area (Å²) in [5.41, 5.74) is 0. The molecule has 0 aromatic carbocycles. The van der Waals surface area contributed by atoms with Crippen molar-refractivity contribution in [2.24, 2.45) is 0 Å². The molecule has 0 fully saturated rings. The van der Waals surface area contributed by atoms with Gasteiger partial charge in [-0.2, -0.15) is 0 Å². The van der Waals surface area contributed by atoms with Crippen LogP contribution in [0.5, 0.6) is 0 Å². The highest BCUT2D eigenvalue weighted by Crippen LogP contribution is 2.26. The first-order valence-corrected chi connectivity index (χ1v) is 14.3. The molecule has 0 aliphatic carbocycles. The Labute approximate surface area is 118 Å². The standard InChI is InChI=1S/C14H35BOSi2/c1-7-17(5,8-2)13-11-15(16)12-14-18(6,9-3)10-4/h16H,7-14H2,1-6H3. The number of hydrogen-bond acceptors (Lipinski definition) is 1. The van der Waals surface area contributed by atoms with Crippen LogP contribution >= 0.6 is 0 Å². The maximum absolute atomic E-state index is 10.2.